The number of nitrogens with two attached hydrogens (primary N) is 1. The van der Waals surface area contributed by atoms with Crippen LogP contribution in [0.5, 0.6) is 0 Å². The molecule has 0 radical (unpaired) electrons. The Balaban J connectivity index is 0.00000112. The number of nitrogen functional groups attached to an aromatic ring is 1. The first-order valence-electron chi connectivity index (χ1n) is 4.15. The van der Waals surface area contributed by atoms with Crippen LogP contribution in [0.1, 0.15) is 36.5 Å². The quantitative estimate of drug-likeness (QED) is 0.605. The fraction of sp³-hybridized carbons (Fsp3) is 0.375. The molecular weight excluding hydrogens is 229 g/mol. The second-order valence-electron chi connectivity index (χ2n) is 3.21. The van der Waals surface area contributed by atoms with Crippen LogP contribution in [-0.2, 0) is 0 Å². The summed E-state index contributed by atoms with van der Waals surface area (Å²) in [4.78, 5) is 18.6. The summed E-state index contributed by atoms with van der Waals surface area (Å²) < 4.78 is 0. The summed E-state index contributed by atoms with van der Waals surface area (Å²) in [5, 5.41) is 8.70. The maximum atomic E-state index is 10.7. The molecule has 5 nitrogen and oxygen atoms in total. The van der Waals surface area contributed by atoms with Gasteiger partial charge >= 0.3 is 35.5 Å². The van der Waals surface area contributed by atoms with E-state index in [4.69, 9.17) is 22.4 Å². The Bertz CT molecular complexity index is 415. The van der Waals surface area contributed by atoms with Crippen LogP contribution in [0.2, 0.25) is 5.02 Å². The van der Waals surface area contributed by atoms with Gasteiger partial charge in [-0.1, -0.05) is 11.6 Å². The van der Waals surface area contributed by atoms with Gasteiger partial charge in [-0.05, 0) is 12.8 Å². The topological polar surface area (TPSA) is 89.1 Å². The number of aromatic nitrogens is 2. The number of carbonyl (C=O) groups is 1. The summed E-state index contributed by atoms with van der Waals surface area (Å²) in [5.41, 5.74) is 5.27. The zero-order chi connectivity index (χ0) is 10.3. The minimum Gasteiger partial charge on any atom is -1.00 e. The van der Waals surface area contributed by atoms with E-state index in [1.54, 1.807) is 0 Å². The van der Waals surface area contributed by atoms with E-state index in [1.165, 1.54) is 0 Å². The van der Waals surface area contributed by atoms with Gasteiger partial charge in [0.25, 0.3) is 0 Å². The smallest absolute Gasteiger partial charge is 1.00 e. The van der Waals surface area contributed by atoms with Crippen molar-refractivity contribution in [3.05, 3.63) is 16.5 Å². The summed E-state index contributed by atoms with van der Waals surface area (Å²) in [5.74, 6) is -0.385. The van der Waals surface area contributed by atoms with Gasteiger partial charge in [0, 0.05) is 5.92 Å². The van der Waals surface area contributed by atoms with Crippen LogP contribution in [0.4, 0.5) is 5.82 Å². The molecular formula is C8H9ClN3NaO2. The molecule has 0 unspecified atom stereocenters. The van der Waals surface area contributed by atoms with Gasteiger partial charge in [-0.2, -0.15) is 0 Å². The molecule has 1 saturated carbocycles. The van der Waals surface area contributed by atoms with Crippen molar-refractivity contribution in [1.29, 1.82) is 0 Å². The van der Waals surface area contributed by atoms with E-state index in [-0.39, 0.29) is 53.4 Å². The third kappa shape index (κ3) is 2.60. The standard InChI is InChI=1S/C8H8ClN3O2.Na.H/c9-4-5(8(13)14)11-7(3-1-2-3)12-6(4)10;;/h3H,1-2H2,(H,13,14)(H2,10,11,12);;/q;+1;-1. The van der Waals surface area contributed by atoms with E-state index < -0.39 is 5.97 Å². The number of rotatable bonds is 2. The number of hydrogen-bond donors (Lipinski definition) is 2. The maximum absolute atomic E-state index is 10.7. The van der Waals surface area contributed by atoms with Crippen molar-refractivity contribution in [1.82, 2.24) is 9.97 Å². The molecule has 7 heteroatoms. The Kier molecular flexibility index (Phi) is 3.94. The van der Waals surface area contributed by atoms with Gasteiger partial charge in [-0.25, -0.2) is 14.8 Å². The molecule has 76 valence electrons. The fourth-order valence-corrected chi connectivity index (χ4v) is 1.31. The second-order valence-corrected chi connectivity index (χ2v) is 3.59. The first kappa shape index (κ1) is 12.7. The summed E-state index contributed by atoms with van der Waals surface area (Å²) in [7, 11) is 0. The van der Waals surface area contributed by atoms with Crippen molar-refractivity contribution in [2.75, 3.05) is 5.73 Å². The largest absolute Gasteiger partial charge is 1.00 e. The molecule has 0 aliphatic heterocycles. The van der Waals surface area contributed by atoms with Gasteiger partial charge in [0.2, 0.25) is 0 Å². The molecule has 15 heavy (non-hydrogen) atoms. The van der Waals surface area contributed by atoms with Crippen molar-refractivity contribution >= 4 is 23.4 Å². The Morgan fingerprint density at radius 2 is 2.13 bits per heavy atom. The zero-order valence-electron chi connectivity index (χ0n) is 9.20. The van der Waals surface area contributed by atoms with E-state index in [9.17, 15) is 4.79 Å². The molecule has 1 aliphatic carbocycles. The summed E-state index contributed by atoms with van der Waals surface area (Å²) >= 11 is 5.65. The van der Waals surface area contributed by atoms with Gasteiger partial charge in [-0.3, -0.25) is 0 Å². The predicted molar refractivity (Wildman–Crippen MR) is 51.5 cm³/mol. The van der Waals surface area contributed by atoms with Crippen molar-refractivity contribution in [2.24, 2.45) is 0 Å². The number of halogens is 1. The molecule has 1 aromatic rings. The van der Waals surface area contributed by atoms with Gasteiger partial charge in [0.05, 0.1) is 0 Å². The Morgan fingerprint density at radius 3 is 2.60 bits per heavy atom. The van der Waals surface area contributed by atoms with Crippen LogP contribution >= 0.6 is 11.6 Å². The van der Waals surface area contributed by atoms with Gasteiger partial charge in [-0.15, -0.1) is 0 Å². The van der Waals surface area contributed by atoms with E-state index in [0.29, 0.717) is 5.82 Å². The van der Waals surface area contributed by atoms with Gasteiger partial charge in [0.15, 0.2) is 5.69 Å². The van der Waals surface area contributed by atoms with Crippen LogP contribution in [0.15, 0.2) is 0 Å². The molecule has 1 aliphatic rings. The van der Waals surface area contributed by atoms with Crippen LogP contribution in [-0.4, -0.2) is 21.0 Å². The van der Waals surface area contributed by atoms with Crippen LogP contribution in [0.25, 0.3) is 0 Å². The van der Waals surface area contributed by atoms with Crippen molar-refractivity contribution in [3.63, 3.8) is 0 Å². The van der Waals surface area contributed by atoms with E-state index in [0.717, 1.165) is 12.8 Å². The average molecular weight is 238 g/mol. The third-order valence-corrected chi connectivity index (χ3v) is 2.41. The van der Waals surface area contributed by atoms with Crippen molar-refractivity contribution < 1.29 is 40.9 Å². The fourth-order valence-electron chi connectivity index (χ4n) is 1.15. The monoisotopic (exact) mass is 237 g/mol. The minimum absolute atomic E-state index is 0. The predicted octanol–water partition coefficient (Wildman–Crippen LogP) is -1.60. The van der Waals surface area contributed by atoms with Crippen LogP contribution < -0.4 is 35.3 Å². The molecule has 0 spiro atoms. The Hall–Kier alpha value is -0.360. The number of aromatic carboxylic acids is 1. The number of carboxylic acids is 1. The average Bonchev–Trinajstić information content (AvgIpc) is 2.91. The first-order valence-corrected chi connectivity index (χ1v) is 4.53. The van der Waals surface area contributed by atoms with E-state index in [2.05, 4.69) is 9.97 Å². The number of nitrogens with zero attached hydrogens (tertiary/aromatic N) is 2. The summed E-state index contributed by atoms with van der Waals surface area (Å²) in [6.07, 6.45) is 1.97. The molecule has 0 atom stereocenters. The molecule has 1 heterocycles. The third-order valence-electron chi connectivity index (χ3n) is 2.04. The van der Waals surface area contributed by atoms with E-state index in [1.807, 2.05) is 0 Å². The van der Waals surface area contributed by atoms with Gasteiger partial charge < -0.3 is 12.3 Å². The maximum Gasteiger partial charge on any atom is 1.00 e. The zero-order valence-corrected chi connectivity index (χ0v) is 11.0. The van der Waals surface area contributed by atoms with Crippen molar-refractivity contribution in [3.8, 4) is 0 Å². The minimum atomic E-state index is -1.17. The molecule has 0 bridgehead atoms. The van der Waals surface area contributed by atoms with E-state index >= 15 is 0 Å². The van der Waals surface area contributed by atoms with Gasteiger partial charge in [0.1, 0.15) is 16.7 Å². The number of carboxylic acid groups (broad SMARTS) is 1. The normalized spacial score (nSPS) is 14.5. The molecule has 1 fully saturated rings. The number of hydrogen-bond acceptors (Lipinski definition) is 4. The summed E-state index contributed by atoms with van der Waals surface area (Å²) in [6.45, 7) is 0. The molecule has 3 N–H and O–H groups in total. The molecule has 0 aromatic carbocycles. The second kappa shape index (κ2) is 4.65. The van der Waals surface area contributed by atoms with Crippen molar-refractivity contribution in [2.45, 2.75) is 18.8 Å². The number of anilines is 1. The van der Waals surface area contributed by atoms with Crippen LogP contribution in [0.3, 0.4) is 0 Å². The Labute approximate surface area is 115 Å². The summed E-state index contributed by atoms with van der Waals surface area (Å²) in [6, 6.07) is 0. The Morgan fingerprint density at radius 1 is 1.53 bits per heavy atom. The van der Waals surface area contributed by atoms with Crippen LogP contribution in [0, 0.1) is 0 Å². The molecule has 1 aromatic heterocycles. The SMILES string of the molecule is Nc1nc(C2CC2)nc(C(=O)O)c1Cl.[H-].[Na+]. The molecule has 0 saturated heterocycles. The molecule has 0 amide bonds. The first-order chi connectivity index (χ1) is 6.59. The molecule has 2 rings (SSSR count).